The molecule has 1 unspecified atom stereocenters. The Morgan fingerprint density at radius 3 is 2.39 bits per heavy atom. The Labute approximate surface area is 226 Å². The van der Waals surface area contributed by atoms with Crippen molar-refractivity contribution < 1.29 is 19.1 Å². The highest BCUT2D eigenvalue weighted by atomic mass is 16.5. The molecule has 2 amide bonds. The molecule has 5 rings (SSSR count). The average molecular weight is 520 g/mol. The van der Waals surface area contributed by atoms with E-state index in [1.54, 1.807) is 14.2 Å². The Morgan fingerprint density at radius 1 is 1.00 bits per heavy atom. The highest BCUT2D eigenvalue weighted by Gasteiger charge is 2.47. The van der Waals surface area contributed by atoms with Gasteiger partial charge in [-0.25, -0.2) is 0 Å². The van der Waals surface area contributed by atoms with E-state index in [1.165, 1.54) is 12.8 Å². The number of para-hydroxylation sites is 1. The molecule has 38 heavy (non-hydrogen) atoms. The lowest BCUT2D eigenvalue weighted by molar-refractivity contribution is -0.139. The molecule has 0 radical (unpaired) electrons. The second-order valence-electron chi connectivity index (χ2n) is 11.2. The lowest BCUT2D eigenvalue weighted by atomic mass is 9.77. The first-order valence-corrected chi connectivity index (χ1v) is 14.1. The zero-order valence-electron chi connectivity index (χ0n) is 22.8. The van der Waals surface area contributed by atoms with Crippen LogP contribution in [-0.4, -0.2) is 62.0 Å². The van der Waals surface area contributed by atoms with Crippen molar-refractivity contribution in [3.8, 4) is 11.5 Å². The Bertz CT molecular complexity index is 1110. The molecule has 2 aromatic rings. The number of carbonyl (C=O) groups is 2. The summed E-state index contributed by atoms with van der Waals surface area (Å²) >= 11 is 0. The van der Waals surface area contributed by atoms with Crippen molar-refractivity contribution in [2.24, 2.45) is 11.3 Å². The van der Waals surface area contributed by atoms with Gasteiger partial charge in [0.05, 0.1) is 25.7 Å². The van der Waals surface area contributed by atoms with Crippen molar-refractivity contribution in [3.05, 3.63) is 59.7 Å². The minimum absolute atomic E-state index is 0.0820. The van der Waals surface area contributed by atoms with Crippen LogP contribution >= 0.6 is 0 Å². The Kier molecular flexibility index (Phi) is 8.22. The van der Waals surface area contributed by atoms with Crippen LogP contribution < -0.4 is 14.8 Å². The van der Waals surface area contributed by atoms with Gasteiger partial charge in [0.1, 0.15) is 11.5 Å². The van der Waals surface area contributed by atoms with Crippen LogP contribution in [0.2, 0.25) is 0 Å². The van der Waals surface area contributed by atoms with Gasteiger partial charge in [-0.15, -0.1) is 0 Å². The molecule has 204 valence electrons. The van der Waals surface area contributed by atoms with Crippen LogP contribution in [-0.2, 0) is 16.1 Å². The third-order valence-electron chi connectivity index (χ3n) is 8.70. The summed E-state index contributed by atoms with van der Waals surface area (Å²) in [6.07, 6.45) is 6.51. The summed E-state index contributed by atoms with van der Waals surface area (Å²) in [5.74, 6) is 2.65. The number of hydrogen-bond donors (Lipinski definition) is 1. The van der Waals surface area contributed by atoms with Crippen LogP contribution in [0, 0.1) is 11.3 Å². The first-order valence-electron chi connectivity index (χ1n) is 14.1. The van der Waals surface area contributed by atoms with Gasteiger partial charge in [-0.05, 0) is 81.3 Å². The molecule has 7 nitrogen and oxygen atoms in total. The van der Waals surface area contributed by atoms with Crippen molar-refractivity contribution >= 4 is 11.8 Å². The van der Waals surface area contributed by atoms with Crippen LogP contribution in [0.15, 0.2) is 48.5 Å². The van der Waals surface area contributed by atoms with E-state index in [-0.39, 0.29) is 17.4 Å². The summed E-state index contributed by atoms with van der Waals surface area (Å²) in [5, 5.41) is 3.30. The molecule has 1 aliphatic carbocycles. The summed E-state index contributed by atoms with van der Waals surface area (Å²) < 4.78 is 10.9. The van der Waals surface area contributed by atoms with Crippen molar-refractivity contribution in [1.82, 2.24) is 15.1 Å². The molecule has 7 heteroatoms. The van der Waals surface area contributed by atoms with Gasteiger partial charge in [0.2, 0.25) is 11.8 Å². The lowest BCUT2D eigenvalue weighted by Crippen LogP contribution is -2.45. The highest BCUT2D eigenvalue weighted by molar-refractivity contribution is 5.85. The number of rotatable bonds is 11. The molecule has 2 aliphatic heterocycles. The summed E-state index contributed by atoms with van der Waals surface area (Å²) in [5.41, 5.74) is 1.95. The second kappa shape index (κ2) is 11.8. The molecule has 2 heterocycles. The molecule has 2 saturated heterocycles. The summed E-state index contributed by atoms with van der Waals surface area (Å²) in [6.45, 7) is 4.20. The van der Waals surface area contributed by atoms with E-state index in [4.69, 9.17) is 9.47 Å². The summed E-state index contributed by atoms with van der Waals surface area (Å²) in [7, 11) is 3.35. The SMILES string of the molecule is COc1ccc(CN2CCC3(CCN(CCC(NC(=O)CC4CC4)c4ccccc4OC)CC3)C2=O)cc1. The van der Waals surface area contributed by atoms with Gasteiger partial charge in [0.15, 0.2) is 0 Å². The molecular weight excluding hydrogens is 478 g/mol. The van der Waals surface area contributed by atoms with Gasteiger partial charge in [-0.3, -0.25) is 9.59 Å². The van der Waals surface area contributed by atoms with Gasteiger partial charge in [-0.1, -0.05) is 30.3 Å². The minimum atomic E-state index is -0.219. The normalized spacial score (nSPS) is 19.9. The third-order valence-corrected chi connectivity index (χ3v) is 8.70. The van der Waals surface area contributed by atoms with E-state index in [0.29, 0.717) is 24.8 Å². The van der Waals surface area contributed by atoms with E-state index < -0.39 is 0 Å². The minimum Gasteiger partial charge on any atom is -0.497 e. The number of amides is 2. The number of nitrogens with zero attached hydrogens (tertiary/aromatic N) is 2. The number of methoxy groups -OCH3 is 2. The Hall–Kier alpha value is -3.06. The molecule has 3 fully saturated rings. The van der Waals surface area contributed by atoms with Crippen molar-refractivity contribution in [1.29, 1.82) is 0 Å². The van der Waals surface area contributed by atoms with E-state index in [0.717, 1.165) is 74.5 Å². The van der Waals surface area contributed by atoms with Crippen LogP contribution in [0.1, 0.15) is 62.1 Å². The summed E-state index contributed by atoms with van der Waals surface area (Å²) in [6, 6.07) is 15.9. The summed E-state index contributed by atoms with van der Waals surface area (Å²) in [4.78, 5) is 30.7. The fourth-order valence-electron chi connectivity index (χ4n) is 6.07. The van der Waals surface area contributed by atoms with E-state index in [9.17, 15) is 9.59 Å². The largest absolute Gasteiger partial charge is 0.497 e. The Morgan fingerprint density at radius 2 is 1.71 bits per heavy atom. The maximum absolute atomic E-state index is 13.5. The number of nitrogens with one attached hydrogen (secondary N) is 1. The van der Waals surface area contributed by atoms with Crippen LogP contribution in [0.25, 0.3) is 0 Å². The Balaban J connectivity index is 1.16. The second-order valence-corrected chi connectivity index (χ2v) is 11.2. The standard InChI is InChI=1S/C31H41N3O4/c1-37-25-11-9-24(10-12-25)22-34-20-16-31(30(34)36)14-18-33(19-15-31)17-13-27(32-29(35)21-23-7-8-23)26-5-3-4-6-28(26)38-2/h3-6,9-12,23,27H,7-8,13-22H2,1-2H3,(H,32,35). The van der Waals surface area contributed by atoms with Crippen molar-refractivity contribution in [2.45, 2.75) is 57.5 Å². The fourth-order valence-corrected chi connectivity index (χ4v) is 6.07. The van der Waals surface area contributed by atoms with Crippen molar-refractivity contribution in [2.75, 3.05) is 40.4 Å². The van der Waals surface area contributed by atoms with Crippen molar-refractivity contribution in [3.63, 3.8) is 0 Å². The van der Waals surface area contributed by atoms with Gasteiger partial charge in [0, 0.05) is 31.6 Å². The smallest absolute Gasteiger partial charge is 0.229 e. The van der Waals surface area contributed by atoms with Gasteiger partial charge in [-0.2, -0.15) is 0 Å². The molecule has 3 aliphatic rings. The van der Waals surface area contributed by atoms with E-state index in [1.807, 2.05) is 47.4 Å². The van der Waals surface area contributed by atoms with Gasteiger partial charge < -0.3 is 24.6 Å². The van der Waals surface area contributed by atoms with Crippen LogP contribution in [0.4, 0.5) is 0 Å². The average Bonchev–Trinajstić information content (AvgIpc) is 3.72. The molecule has 1 atom stereocenters. The molecule has 2 aromatic carbocycles. The monoisotopic (exact) mass is 519 g/mol. The number of hydrogen-bond acceptors (Lipinski definition) is 5. The first-order chi connectivity index (χ1) is 18.5. The van der Waals surface area contributed by atoms with E-state index >= 15 is 0 Å². The van der Waals surface area contributed by atoms with E-state index in [2.05, 4.69) is 16.3 Å². The highest BCUT2D eigenvalue weighted by Crippen LogP contribution is 2.42. The topological polar surface area (TPSA) is 71.1 Å². The number of likely N-dealkylation sites (tertiary alicyclic amines) is 2. The molecule has 1 saturated carbocycles. The number of benzene rings is 2. The molecule has 1 N–H and O–H groups in total. The fraction of sp³-hybridized carbons (Fsp3) is 0.548. The van der Waals surface area contributed by atoms with Gasteiger partial charge >= 0.3 is 0 Å². The molecular formula is C31H41N3O4. The number of piperidine rings is 1. The first kappa shape index (κ1) is 26.5. The maximum Gasteiger partial charge on any atom is 0.229 e. The zero-order valence-corrected chi connectivity index (χ0v) is 22.8. The molecule has 0 aromatic heterocycles. The maximum atomic E-state index is 13.5. The number of carbonyl (C=O) groups excluding carboxylic acids is 2. The molecule has 1 spiro atoms. The van der Waals surface area contributed by atoms with Crippen LogP contribution in [0.5, 0.6) is 11.5 Å². The quantitative estimate of drug-likeness (QED) is 0.471. The van der Waals surface area contributed by atoms with Crippen LogP contribution in [0.3, 0.4) is 0 Å². The van der Waals surface area contributed by atoms with Gasteiger partial charge in [0.25, 0.3) is 0 Å². The molecule has 0 bridgehead atoms. The zero-order chi connectivity index (χ0) is 26.5. The predicted molar refractivity (Wildman–Crippen MR) is 147 cm³/mol. The number of ether oxygens (including phenoxy) is 2. The predicted octanol–water partition coefficient (Wildman–Crippen LogP) is 4.57. The third kappa shape index (κ3) is 6.15. The lowest BCUT2D eigenvalue weighted by Gasteiger charge is -2.38.